The van der Waals surface area contributed by atoms with E-state index in [0.717, 1.165) is 57.1 Å². The number of pyridine rings is 1. The number of aryl methyl sites for hydroxylation is 1. The predicted octanol–water partition coefficient (Wildman–Crippen LogP) is 1.98. The average Bonchev–Trinajstić information content (AvgIpc) is 3.36. The zero-order valence-electron chi connectivity index (χ0n) is 16.9. The minimum atomic E-state index is -0.0294. The first-order chi connectivity index (χ1) is 13.6. The van der Waals surface area contributed by atoms with Crippen LogP contribution >= 0.6 is 0 Å². The summed E-state index contributed by atoms with van der Waals surface area (Å²) in [6.45, 7) is 7.38. The maximum atomic E-state index is 12.5. The summed E-state index contributed by atoms with van der Waals surface area (Å²) in [6.07, 6.45) is 6.32. The predicted molar refractivity (Wildman–Crippen MR) is 108 cm³/mol. The number of anilines is 1. The Morgan fingerprint density at radius 1 is 1.32 bits per heavy atom. The molecule has 2 bridgehead atoms. The van der Waals surface area contributed by atoms with Crippen molar-refractivity contribution in [2.45, 2.75) is 50.7 Å². The van der Waals surface area contributed by atoms with Gasteiger partial charge in [0.05, 0.1) is 18.2 Å². The molecule has 0 aliphatic carbocycles. The second-order valence-corrected chi connectivity index (χ2v) is 9.19. The minimum absolute atomic E-state index is 0.0294. The van der Waals surface area contributed by atoms with Crippen molar-refractivity contribution < 1.29 is 9.53 Å². The molecule has 28 heavy (non-hydrogen) atoms. The maximum Gasteiger partial charge on any atom is 0.234 e. The maximum absolute atomic E-state index is 12.5. The summed E-state index contributed by atoms with van der Waals surface area (Å²) in [5, 5.41) is 3.24. The summed E-state index contributed by atoms with van der Waals surface area (Å²) < 4.78 is 6.53. The number of aromatic nitrogens is 1. The largest absolute Gasteiger partial charge is 0.369 e. The highest BCUT2D eigenvalue weighted by Crippen LogP contribution is 2.55. The highest BCUT2D eigenvalue weighted by atomic mass is 16.5. The zero-order chi connectivity index (χ0) is 19.1. The van der Waals surface area contributed by atoms with Crippen LogP contribution in [0, 0.1) is 18.8 Å². The third-order valence-corrected chi connectivity index (χ3v) is 7.33. The van der Waals surface area contributed by atoms with E-state index in [-0.39, 0.29) is 11.5 Å². The van der Waals surface area contributed by atoms with Crippen molar-refractivity contribution >= 4 is 11.7 Å². The number of nitrogens with one attached hydrogen (secondary N) is 1. The number of amides is 1. The van der Waals surface area contributed by atoms with E-state index < -0.39 is 0 Å². The minimum Gasteiger partial charge on any atom is -0.369 e. The monoisotopic (exact) mass is 384 g/mol. The van der Waals surface area contributed by atoms with Crippen LogP contribution in [0.5, 0.6) is 0 Å². The molecule has 1 amide bonds. The second-order valence-electron chi connectivity index (χ2n) is 9.19. The van der Waals surface area contributed by atoms with E-state index in [9.17, 15) is 4.79 Å². The number of rotatable bonds is 5. The number of hydrogen-bond acceptors (Lipinski definition) is 5. The Balaban J connectivity index is 1.21. The van der Waals surface area contributed by atoms with E-state index in [2.05, 4.69) is 27.2 Å². The van der Waals surface area contributed by atoms with Crippen LogP contribution in [0.1, 0.15) is 37.8 Å². The number of likely N-dealkylation sites (tertiary alicyclic amines) is 1. The van der Waals surface area contributed by atoms with Gasteiger partial charge in [-0.1, -0.05) is 12.5 Å². The van der Waals surface area contributed by atoms with Gasteiger partial charge in [0.25, 0.3) is 0 Å². The lowest BCUT2D eigenvalue weighted by Gasteiger charge is -2.30. The Morgan fingerprint density at radius 2 is 2.18 bits per heavy atom. The van der Waals surface area contributed by atoms with Gasteiger partial charge in [0, 0.05) is 37.2 Å². The first-order valence-corrected chi connectivity index (χ1v) is 11.0. The lowest BCUT2D eigenvalue weighted by molar-refractivity contribution is -0.122. The molecule has 4 fully saturated rings. The Morgan fingerprint density at radius 3 is 3.00 bits per heavy atom. The van der Waals surface area contributed by atoms with E-state index in [0.29, 0.717) is 24.5 Å². The molecule has 152 valence electrons. The molecule has 6 heteroatoms. The Bertz CT molecular complexity index is 735. The van der Waals surface area contributed by atoms with Crippen LogP contribution in [0.25, 0.3) is 0 Å². The molecule has 5 heterocycles. The third kappa shape index (κ3) is 3.30. The molecule has 6 nitrogen and oxygen atoms in total. The number of hydrogen-bond donors (Lipinski definition) is 1. The fourth-order valence-corrected chi connectivity index (χ4v) is 5.95. The quantitative estimate of drug-likeness (QED) is 0.841. The molecule has 1 spiro atoms. The van der Waals surface area contributed by atoms with Gasteiger partial charge in [0.1, 0.15) is 5.82 Å². The molecule has 1 aromatic rings. The molecule has 5 rings (SSSR count). The summed E-state index contributed by atoms with van der Waals surface area (Å²) in [7, 11) is 0. The summed E-state index contributed by atoms with van der Waals surface area (Å²) in [5.74, 6) is 2.15. The molecule has 4 aliphatic rings. The van der Waals surface area contributed by atoms with Crippen molar-refractivity contribution in [3.05, 3.63) is 23.9 Å². The van der Waals surface area contributed by atoms with Gasteiger partial charge in [0.15, 0.2) is 0 Å². The van der Waals surface area contributed by atoms with Crippen LogP contribution in [-0.2, 0) is 9.53 Å². The molecule has 1 N–H and O–H groups in total. The number of piperidine rings is 1. The SMILES string of the molecule is Cc1cccc(N2C[C@@H]3[C@H](CNC(=O)CN4CCCCC4)[C@H]4CC[C@]3(C2)O4)n1. The van der Waals surface area contributed by atoms with E-state index >= 15 is 0 Å². The average molecular weight is 385 g/mol. The van der Waals surface area contributed by atoms with Crippen LogP contribution in [0.2, 0.25) is 0 Å². The van der Waals surface area contributed by atoms with Gasteiger partial charge in [-0.15, -0.1) is 0 Å². The van der Waals surface area contributed by atoms with Gasteiger partial charge in [-0.25, -0.2) is 4.98 Å². The summed E-state index contributed by atoms with van der Waals surface area (Å²) >= 11 is 0. The van der Waals surface area contributed by atoms with Gasteiger partial charge in [-0.05, 0) is 57.8 Å². The van der Waals surface area contributed by atoms with Gasteiger partial charge < -0.3 is 15.0 Å². The highest BCUT2D eigenvalue weighted by molar-refractivity contribution is 5.78. The lowest BCUT2D eigenvalue weighted by atomic mass is 9.73. The first kappa shape index (κ1) is 18.4. The van der Waals surface area contributed by atoms with Crippen LogP contribution in [0.15, 0.2) is 18.2 Å². The smallest absolute Gasteiger partial charge is 0.234 e. The third-order valence-electron chi connectivity index (χ3n) is 7.33. The van der Waals surface area contributed by atoms with Crippen LogP contribution in [0.3, 0.4) is 0 Å². The second kappa shape index (κ2) is 7.30. The molecule has 0 aromatic carbocycles. The number of carbonyl (C=O) groups excluding carboxylic acids is 1. The molecule has 0 saturated carbocycles. The highest BCUT2D eigenvalue weighted by Gasteiger charge is 2.63. The molecule has 0 radical (unpaired) electrons. The summed E-state index contributed by atoms with van der Waals surface area (Å²) in [4.78, 5) is 21.9. The van der Waals surface area contributed by atoms with Crippen LogP contribution < -0.4 is 10.2 Å². The molecular formula is C22H32N4O2. The van der Waals surface area contributed by atoms with Crippen LogP contribution in [0.4, 0.5) is 5.82 Å². The molecule has 0 unspecified atom stereocenters. The van der Waals surface area contributed by atoms with Crippen molar-refractivity contribution in [2.24, 2.45) is 11.8 Å². The van der Waals surface area contributed by atoms with E-state index in [1.807, 2.05) is 13.0 Å². The van der Waals surface area contributed by atoms with Crippen molar-refractivity contribution in [3.8, 4) is 0 Å². The molecule has 4 aliphatic heterocycles. The fourth-order valence-electron chi connectivity index (χ4n) is 5.95. The number of nitrogens with zero attached hydrogens (tertiary/aromatic N) is 3. The Kier molecular flexibility index (Phi) is 4.79. The number of carbonyl (C=O) groups is 1. The summed E-state index contributed by atoms with van der Waals surface area (Å²) in [5.41, 5.74) is 1.03. The number of fused-ring (bicyclic) bond motifs is 1. The van der Waals surface area contributed by atoms with Gasteiger partial charge in [0.2, 0.25) is 5.91 Å². The normalized spacial score (nSPS) is 34.6. The van der Waals surface area contributed by atoms with Gasteiger partial charge >= 0.3 is 0 Å². The molecule has 4 saturated heterocycles. The summed E-state index contributed by atoms with van der Waals surface area (Å²) in [6, 6.07) is 6.23. The Labute approximate surface area is 167 Å². The molecule has 4 atom stereocenters. The van der Waals surface area contributed by atoms with Gasteiger partial charge in [-0.2, -0.15) is 0 Å². The topological polar surface area (TPSA) is 57.7 Å². The lowest BCUT2D eigenvalue weighted by Crippen LogP contribution is -2.45. The molecular weight excluding hydrogens is 352 g/mol. The Hall–Kier alpha value is -1.66. The van der Waals surface area contributed by atoms with Crippen molar-refractivity contribution in [2.75, 3.05) is 44.2 Å². The van der Waals surface area contributed by atoms with E-state index in [4.69, 9.17) is 9.72 Å². The van der Waals surface area contributed by atoms with E-state index in [1.165, 1.54) is 19.3 Å². The van der Waals surface area contributed by atoms with Crippen molar-refractivity contribution in [3.63, 3.8) is 0 Å². The standard InChI is InChI=1S/C22H32N4O2/c1-16-6-5-7-20(24-16)26-13-18-17(19-8-9-22(18,15-26)28-19)12-23-21(27)14-25-10-3-2-4-11-25/h5-7,17-19H,2-4,8-15H2,1H3,(H,23,27)/t17-,18+,19+,22+/m0/s1. The number of ether oxygens (including phenoxy) is 1. The van der Waals surface area contributed by atoms with Crippen molar-refractivity contribution in [1.29, 1.82) is 0 Å². The van der Waals surface area contributed by atoms with E-state index in [1.54, 1.807) is 0 Å². The van der Waals surface area contributed by atoms with Gasteiger partial charge in [-0.3, -0.25) is 9.69 Å². The zero-order valence-corrected chi connectivity index (χ0v) is 16.9. The molecule has 1 aromatic heterocycles. The van der Waals surface area contributed by atoms with Crippen LogP contribution in [-0.4, -0.2) is 66.8 Å². The van der Waals surface area contributed by atoms with Crippen molar-refractivity contribution in [1.82, 2.24) is 15.2 Å². The first-order valence-electron chi connectivity index (χ1n) is 11.0. The fraction of sp³-hybridized carbons (Fsp3) is 0.727.